The fraction of sp³-hybridized carbons (Fsp3) is 1.00. The van der Waals surface area contributed by atoms with Gasteiger partial charge in [-0.3, -0.25) is 4.90 Å². The van der Waals surface area contributed by atoms with Gasteiger partial charge in [0, 0.05) is 30.7 Å². The Kier molecular flexibility index (Phi) is 5.49. The van der Waals surface area contributed by atoms with Crippen LogP contribution in [0.15, 0.2) is 0 Å². The van der Waals surface area contributed by atoms with Crippen molar-refractivity contribution in [3.8, 4) is 0 Å². The molecular weight excluding hydrogens is 246 g/mol. The molecule has 2 fully saturated rings. The molecule has 20 heavy (non-hydrogen) atoms. The standard InChI is InChI=1S/C17H35N3/c1-14(2)16-12-18-17(9-6-7-10-17)13-20(16)15(3)8-11-19(4)5/h14-16,18H,6-13H2,1-5H3. The smallest absolute Gasteiger partial charge is 0.0309 e. The molecule has 2 unspecified atom stereocenters. The summed E-state index contributed by atoms with van der Waals surface area (Å²) < 4.78 is 0. The number of hydrogen-bond acceptors (Lipinski definition) is 3. The summed E-state index contributed by atoms with van der Waals surface area (Å²) >= 11 is 0. The predicted octanol–water partition coefficient (Wildman–Crippen LogP) is 2.57. The van der Waals surface area contributed by atoms with Gasteiger partial charge in [-0.15, -0.1) is 0 Å². The molecule has 2 aliphatic rings. The van der Waals surface area contributed by atoms with E-state index >= 15 is 0 Å². The molecule has 3 nitrogen and oxygen atoms in total. The normalized spacial score (nSPS) is 28.6. The zero-order chi connectivity index (χ0) is 14.8. The molecule has 2 rings (SSSR count). The largest absolute Gasteiger partial charge is 0.309 e. The first-order valence-electron chi connectivity index (χ1n) is 8.59. The highest BCUT2D eigenvalue weighted by atomic mass is 15.3. The molecule has 0 bridgehead atoms. The topological polar surface area (TPSA) is 18.5 Å². The molecule has 2 atom stereocenters. The van der Waals surface area contributed by atoms with Crippen molar-refractivity contribution in [1.82, 2.24) is 15.1 Å². The molecule has 0 aromatic carbocycles. The Balaban J connectivity index is 2.02. The van der Waals surface area contributed by atoms with Crippen LogP contribution in [-0.2, 0) is 0 Å². The molecule has 3 heteroatoms. The highest BCUT2D eigenvalue weighted by Crippen LogP contribution is 2.35. The summed E-state index contributed by atoms with van der Waals surface area (Å²) in [6.45, 7) is 10.8. The molecule has 1 aliphatic carbocycles. The number of hydrogen-bond donors (Lipinski definition) is 1. The molecule has 1 heterocycles. The summed E-state index contributed by atoms with van der Waals surface area (Å²) in [4.78, 5) is 5.14. The van der Waals surface area contributed by atoms with E-state index in [4.69, 9.17) is 0 Å². The van der Waals surface area contributed by atoms with Crippen LogP contribution in [-0.4, -0.2) is 61.2 Å². The number of nitrogens with zero attached hydrogens (tertiary/aromatic N) is 2. The van der Waals surface area contributed by atoms with Gasteiger partial charge in [-0.25, -0.2) is 0 Å². The number of piperazine rings is 1. The zero-order valence-corrected chi connectivity index (χ0v) is 14.3. The lowest BCUT2D eigenvalue weighted by Gasteiger charge is -2.50. The van der Waals surface area contributed by atoms with E-state index in [2.05, 4.69) is 50.0 Å². The van der Waals surface area contributed by atoms with Gasteiger partial charge < -0.3 is 10.2 Å². The van der Waals surface area contributed by atoms with Crippen molar-refractivity contribution in [2.75, 3.05) is 33.7 Å². The maximum atomic E-state index is 3.92. The Bertz CT molecular complexity index is 295. The SMILES string of the molecule is CC(C)C1CNC2(CCCC2)CN1C(C)CCN(C)C. The van der Waals surface area contributed by atoms with Crippen LogP contribution in [0.1, 0.15) is 52.9 Å². The lowest BCUT2D eigenvalue weighted by atomic mass is 9.87. The van der Waals surface area contributed by atoms with Crippen molar-refractivity contribution in [3.05, 3.63) is 0 Å². The second kappa shape index (κ2) is 6.76. The average Bonchev–Trinajstić information content (AvgIpc) is 2.83. The van der Waals surface area contributed by atoms with E-state index in [0.717, 1.165) is 5.92 Å². The summed E-state index contributed by atoms with van der Waals surface area (Å²) in [6, 6.07) is 1.41. The quantitative estimate of drug-likeness (QED) is 0.835. The summed E-state index contributed by atoms with van der Waals surface area (Å²) in [5, 5.41) is 3.92. The Morgan fingerprint density at radius 2 is 1.85 bits per heavy atom. The van der Waals surface area contributed by atoms with E-state index in [9.17, 15) is 0 Å². The van der Waals surface area contributed by atoms with E-state index in [1.54, 1.807) is 0 Å². The zero-order valence-electron chi connectivity index (χ0n) is 14.3. The highest BCUT2D eigenvalue weighted by molar-refractivity contribution is 5.02. The summed E-state index contributed by atoms with van der Waals surface area (Å²) in [5.41, 5.74) is 0.442. The van der Waals surface area contributed by atoms with Crippen molar-refractivity contribution < 1.29 is 0 Å². The van der Waals surface area contributed by atoms with Crippen LogP contribution < -0.4 is 5.32 Å². The second-order valence-corrected chi connectivity index (χ2v) is 7.79. The second-order valence-electron chi connectivity index (χ2n) is 7.79. The fourth-order valence-electron chi connectivity index (χ4n) is 4.06. The van der Waals surface area contributed by atoms with Gasteiger partial charge in [0.2, 0.25) is 0 Å². The maximum Gasteiger partial charge on any atom is 0.0309 e. The van der Waals surface area contributed by atoms with Gasteiger partial charge in [0.1, 0.15) is 0 Å². The average molecular weight is 281 g/mol. The summed E-state index contributed by atoms with van der Waals surface area (Å²) in [7, 11) is 4.37. The third-order valence-electron chi connectivity index (χ3n) is 5.49. The molecular formula is C17H35N3. The van der Waals surface area contributed by atoms with Crippen LogP contribution in [0.5, 0.6) is 0 Å². The van der Waals surface area contributed by atoms with Crippen molar-refractivity contribution in [2.24, 2.45) is 5.92 Å². The van der Waals surface area contributed by atoms with Crippen LogP contribution in [0.3, 0.4) is 0 Å². The molecule has 1 N–H and O–H groups in total. The van der Waals surface area contributed by atoms with Crippen LogP contribution in [0, 0.1) is 5.92 Å². The highest BCUT2D eigenvalue weighted by Gasteiger charge is 2.42. The monoisotopic (exact) mass is 281 g/mol. The molecule has 1 saturated carbocycles. The van der Waals surface area contributed by atoms with E-state index in [-0.39, 0.29) is 0 Å². The third-order valence-corrected chi connectivity index (χ3v) is 5.49. The van der Waals surface area contributed by atoms with Gasteiger partial charge in [0.25, 0.3) is 0 Å². The molecule has 1 saturated heterocycles. The van der Waals surface area contributed by atoms with Gasteiger partial charge in [0.15, 0.2) is 0 Å². The lowest BCUT2D eigenvalue weighted by molar-refractivity contribution is 0.0229. The summed E-state index contributed by atoms with van der Waals surface area (Å²) in [5.74, 6) is 0.739. The molecule has 118 valence electrons. The Labute approximate surface area is 126 Å². The first-order valence-corrected chi connectivity index (χ1v) is 8.59. The molecule has 1 aliphatic heterocycles. The Morgan fingerprint density at radius 3 is 2.40 bits per heavy atom. The first-order chi connectivity index (χ1) is 9.43. The van der Waals surface area contributed by atoms with Crippen LogP contribution in [0.2, 0.25) is 0 Å². The van der Waals surface area contributed by atoms with Crippen molar-refractivity contribution >= 4 is 0 Å². The van der Waals surface area contributed by atoms with E-state index < -0.39 is 0 Å². The number of nitrogens with one attached hydrogen (secondary N) is 1. The minimum Gasteiger partial charge on any atom is -0.309 e. The molecule has 0 aromatic rings. The third kappa shape index (κ3) is 3.75. The van der Waals surface area contributed by atoms with Crippen LogP contribution >= 0.6 is 0 Å². The van der Waals surface area contributed by atoms with Gasteiger partial charge >= 0.3 is 0 Å². The van der Waals surface area contributed by atoms with E-state index in [1.807, 2.05) is 0 Å². The minimum absolute atomic E-state index is 0.442. The predicted molar refractivity (Wildman–Crippen MR) is 87.2 cm³/mol. The lowest BCUT2D eigenvalue weighted by Crippen LogP contribution is -2.66. The summed E-state index contributed by atoms with van der Waals surface area (Å²) in [6.07, 6.45) is 6.88. The first kappa shape index (κ1) is 16.3. The van der Waals surface area contributed by atoms with E-state index in [0.29, 0.717) is 17.6 Å². The fourth-order valence-corrected chi connectivity index (χ4v) is 4.06. The van der Waals surface area contributed by atoms with Gasteiger partial charge in [-0.05, 0) is 52.7 Å². The van der Waals surface area contributed by atoms with Crippen molar-refractivity contribution in [3.63, 3.8) is 0 Å². The van der Waals surface area contributed by atoms with Crippen molar-refractivity contribution in [1.29, 1.82) is 0 Å². The molecule has 1 spiro atoms. The number of rotatable bonds is 5. The van der Waals surface area contributed by atoms with Crippen LogP contribution in [0.4, 0.5) is 0 Å². The minimum atomic E-state index is 0.442. The van der Waals surface area contributed by atoms with Gasteiger partial charge in [-0.2, -0.15) is 0 Å². The Hall–Kier alpha value is -0.120. The van der Waals surface area contributed by atoms with Crippen LogP contribution in [0.25, 0.3) is 0 Å². The molecule has 0 aromatic heterocycles. The van der Waals surface area contributed by atoms with Gasteiger partial charge in [0.05, 0.1) is 0 Å². The Morgan fingerprint density at radius 1 is 1.20 bits per heavy atom. The maximum absolute atomic E-state index is 3.92. The van der Waals surface area contributed by atoms with Gasteiger partial charge in [-0.1, -0.05) is 26.7 Å². The van der Waals surface area contributed by atoms with E-state index in [1.165, 1.54) is 51.7 Å². The molecule has 0 radical (unpaired) electrons. The van der Waals surface area contributed by atoms with Crippen molar-refractivity contribution in [2.45, 2.75) is 70.5 Å². The molecule has 0 amide bonds.